The summed E-state index contributed by atoms with van der Waals surface area (Å²) >= 11 is 0. The second kappa shape index (κ2) is 5.59. The van der Waals surface area contributed by atoms with Gasteiger partial charge in [0.2, 0.25) is 0 Å². The van der Waals surface area contributed by atoms with E-state index in [-0.39, 0.29) is 11.5 Å². The maximum Gasteiger partial charge on any atom is 0.375 e. The second-order valence-electron chi connectivity index (χ2n) is 4.55. The van der Waals surface area contributed by atoms with Crippen molar-refractivity contribution in [1.82, 2.24) is 19.6 Å². The lowest BCUT2D eigenvalue weighted by atomic mass is 10.1. The van der Waals surface area contributed by atoms with E-state index in [1.165, 1.54) is 7.11 Å². The molecule has 9 heteroatoms. The van der Waals surface area contributed by atoms with E-state index in [2.05, 4.69) is 15.1 Å². The Morgan fingerprint density at radius 1 is 1.26 bits per heavy atom. The molecule has 0 saturated carbocycles. The third kappa shape index (κ3) is 2.68. The van der Waals surface area contributed by atoms with Crippen LogP contribution in [0.25, 0.3) is 17.0 Å². The lowest BCUT2D eigenvalue weighted by molar-refractivity contribution is 0.0683. The summed E-state index contributed by atoms with van der Waals surface area (Å²) in [6, 6.07) is 7.79. The summed E-state index contributed by atoms with van der Waals surface area (Å²) in [4.78, 5) is 18.7. The Balaban J connectivity index is 2.18. The molecule has 0 bridgehead atoms. The largest absolute Gasteiger partial charge is 0.497 e. The number of halogens is 2. The summed E-state index contributed by atoms with van der Waals surface area (Å²) in [5.41, 5.74) is 0.315. The average molecular weight is 320 g/mol. The summed E-state index contributed by atoms with van der Waals surface area (Å²) in [5.74, 6) is -1.60. The molecule has 0 spiro atoms. The molecule has 0 amide bonds. The van der Waals surface area contributed by atoms with Crippen molar-refractivity contribution in [3.8, 4) is 17.0 Å². The number of rotatable bonds is 4. The van der Waals surface area contributed by atoms with Gasteiger partial charge in [-0.3, -0.25) is 0 Å². The van der Waals surface area contributed by atoms with E-state index < -0.39 is 23.9 Å². The Hall–Kier alpha value is -3.10. The van der Waals surface area contributed by atoms with Crippen LogP contribution in [-0.4, -0.2) is 37.8 Å². The number of methoxy groups -OCH3 is 1. The molecule has 0 unspecified atom stereocenters. The van der Waals surface area contributed by atoms with Crippen LogP contribution in [0.5, 0.6) is 5.75 Å². The van der Waals surface area contributed by atoms with Crippen molar-refractivity contribution in [2.75, 3.05) is 7.11 Å². The Bertz CT molecular complexity index is 878. The molecule has 0 aliphatic rings. The molecule has 0 saturated heterocycles. The molecule has 0 fully saturated rings. The Labute approximate surface area is 128 Å². The number of hydrogen-bond donors (Lipinski definition) is 1. The van der Waals surface area contributed by atoms with Crippen LogP contribution in [0.2, 0.25) is 0 Å². The highest BCUT2D eigenvalue weighted by Crippen LogP contribution is 2.26. The van der Waals surface area contributed by atoms with E-state index in [0.29, 0.717) is 11.3 Å². The van der Waals surface area contributed by atoms with Crippen LogP contribution in [0.15, 0.2) is 30.3 Å². The first kappa shape index (κ1) is 14.8. The first-order valence-electron chi connectivity index (χ1n) is 6.43. The first-order chi connectivity index (χ1) is 11.0. The number of carboxylic acid groups (broad SMARTS) is 1. The summed E-state index contributed by atoms with van der Waals surface area (Å²) in [6.07, 6.45) is -2.86. The zero-order chi connectivity index (χ0) is 16.6. The minimum absolute atomic E-state index is 0.203. The molecular weight excluding hydrogens is 310 g/mol. The molecule has 2 heterocycles. The highest BCUT2D eigenvalue weighted by atomic mass is 19.3. The number of benzene rings is 1. The predicted molar refractivity (Wildman–Crippen MR) is 74.7 cm³/mol. The average Bonchev–Trinajstić information content (AvgIpc) is 2.98. The zero-order valence-electron chi connectivity index (χ0n) is 11.8. The molecule has 0 radical (unpaired) electrons. The van der Waals surface area contributed by atoms with E-state index in [1.807, 2.05) is 0 Å². The van der Waals surface area contributed by atoms with Crippen molar-refractivity contribution in [2.24, 2.45) is 0 Å². The summed E-state index contributed by atoms with van der Waals surface area (Å²) < 4.78 is 32.2. The maximum atomic E-state index is 13.2. The number of carbonyl (C=O) groups is 1. The zero-order valence-corrected chi connectivity index (χ0v) is 11.8. The predicted octanol–water partition coefficient (Wildman–Crippen LogP) is 2.44. The second-order valence-corrected chi connectivity index (χ2v) is 4.55. The molecule has 7 nitrogen and oxygen atoms in total. The number of aromatic carboxylic acids is 1. The van der Waals surface area contributed by atoms with Crippen molar-refractivity contribution in [3.63, 3.8) is 0 Å². The van der Waals surface area contributed by atoms with E-state index >= 15 is 0 Å². The van der Waals surface area contributed by atoms with Gasteiger partial charge >= 0.3 is 5.97 Å². The fourth-order valence-electron chi connectivity index (χ4n) is 2.05. The number of nitrogens with zero attached hydrogens (tertiary/aromatic N) is 4. The van der Waals surface area contributed by atoms with Gasteiger partial charge in [-0.2, -0.15) is 9.50 Å². The molecule has 1 aromatic carbocycles. The molecule has 23 heavy (non-hydrogen) atoms. The molecule has 1 N–H and O–H groups in total. The van der Waals surface area contributed by atoms with Crippen LogP contribution in [0.3, 0.4) is 0 Å². The van der Waals surface area contributed by atoms with Gasteiger partial charge in [-0.15, -0.1) is 5.10 Å². The van der Waals surface area contributed by atoms with Crippen LogP contribution in [0.1, 0.15) is 22.7 Å². The molecule has 3 aromatic rings. The van der Waals surface area contributed by atoms with E-state index in [9.17, 15) is 13.6 Å². The summed E-state index contributed by atoms with van der Waals surface area (Å²) in [6.45, 7) is 0. The third-order valence-electron chi connectivity index (χ3n) is 3.14. The van der Waals surface area contributed by atoms with Crippen molar-refractivity contribution in [1.29, 1.82) is 0 Å². The number of carboxylic acids is 1. The molecule has 0 atom stereocenters. The SMILES string of the molecule is COc1ccc(-c2cc(C(F)F)n3nc(C(=O)O)nc3n2)cc1. The van der Waals surface area contributed by atoms with Crippen molar-refractivity contribution in [3.05, 3.63) is 41.9 Å². The highest BCUT2D eigenvalue weighted by molar-refractivity contribution is 5.83. The molecule has 0 aliphatic heterocycles. The Morgan fingerprint density at radius 2 is 1.96 bits per heavy atom. The molecule has 118 valence electrons. The number of hydrogen-bond acceptors (Lipinski definition) is 5. The first-order valence-corrected chi connectivity index (χ1v) is 6.43. The van der Waals surface area contributed by atoms with Gasteiger partial charge < -0.3 is 9.84 Å². The minimum Gasteiger partial charge on any atom is -0.497 e. The normalized spacial score (nSPS) is 11.1. The third-order valence-corrected chi connectivity index (χ3v) is 3.14. The van der Waals surface area contributed by atoms with Gasteiger partial charge in [0.05, 0.1) is 12.8 Å². The lowest BCUT2D eigenvalue weighted by Gasteiger charge is -2.07. The standard InChI is InChI=1S/C14H10F2N4O3/c1-23-8-4-2-7(3-5-8)9-6-10(11(15)16)20-14(17-9)18-12(19-20)13(21)22/h2-6,11H,1H3,(H,21,22). The number of aromatic nitrogens is 4. The summed E-state index contributed by atoms with van der Waals surface area (Å²) in [5, 5.41) is 12.4. The van der Waals surface area contributed by atoms with Gasteiger partial charge in [0.25, 0.3) is 18.0 Å². The van der Waals surface area contributed by atoms with Gasteiger partial charge in [-0.1, -0.05) is 0 Å². The maximum absolute atomic E-state index is 13.2. The monoisotopic (exact) mass is 320 g/mol. The van der Waals surface area contributed by atoms with Gasteiger partial charge in [0, 0.05) is 5.56 Å². The van der Waals surface area contributed by atoms with Crippen LogP contribution in [-0.2, 0) is 0 Å². The van der Waals surface area contributed by atoms with Gasteiger partial charge in [0.1, 0.15) is 11.4 Å². The van der Waals surface area contributed by atoms with Gasteiger partial charge in [-0.25, -0.2) is 18.6 Å². The molecule has 2 aromatic heterocycles. The van der Waals surface area contributed by atoms with Crippen molar-refractivity contribution >= 4 is 11.7 Å². The fraction of sp³-hybridized carbons (Fsp3) is 0.143. The summed E-state index contributed by atoms with van der Waals surface area (Å²) in [7, 11) is 1.51. The molecule has 3 rings (SSSR count). The van der Waals surface area contributed by atoms with Gasteiger partial charge in [0.15, 0.2) is 0 Å². The number of fused-ring (bicyclic) bond motifs is 1. The molecular formula is C14H10F2N4O3. The Morgan fingerprint density at radius 3 is 2.52 bits per heavy atom. The lowest BCUT2D eigenvalue weighted by Crippen LogP contribution is -2.04. The fourth-order valence-corrected chi connectivity index (χ4v) is 2.05. The quantitative estimate of drug-likeness (QED) is 0.794. The van der Waals surface area contributed by atoms with E-state index in [0.717, 1.165) is 10.6 Å². The number of alkyl halides is 2. The van der Waals surface area contributed by atoms with Crippen LogP contribution in [0.4, 0.5) is 8.78 Å². The van der Waals surface area contributed by atoms with Gasteiger partial charge in [-0.05, 0) is 30.3 Å². The van der Waals surface area contributed by atoms with Crippen LogP contribution >= 0.6 is 0 Å². The number of ether oxygens (including phenoxy) is 1. The van der Waals surface area contributed by atoms with Crippen LogP contribution in [0, 0.1) is 0 Å². The topological polar surface area (TPSA) is 89.6 Å². The van der Waals surface area contributed by atoms with E-state index in [1.54, 1.807) is 24.3 Å². The van der Waals surface area contributed by atoms with Crippen molar-refractivity contribution in [2.45, 2.75) is 6.43 Å². The van der Waals surface area contributed by atoms with Crippen LogP contribution < -0.4 is 4.74 Å². The highest BCUT2D eigenvalue weighted by Gasteiger charge is 2.20. The van der Waals surface area contributed by atoms with Crippen molar-refractivity contribution < 1.29 is 23.4 Å². The Kier molecular flexibility index (Phi) is 3.61. The smallest absolute Gasteiger partial charge is 0.375 e. The van der Waals surface area contributed by atoms with E-state index in [4.69, 9.17) is 9.84 Å². The minimum atomic E-state index is -2.86. The molecule has 0 aliphatic carbocycles.